The molecule has 0 bridgehead atoms. The summed E-state index contributed by atoms with van der Waals surface area (Å²) in [6, 6.07) is 9.34. The summed E-state index contributed by atoms with van der Waals surface area (Å²) in [5, 5.41) is 8.52. The molecule has 0 saturated heterocycles. The highest BCUT2D eigenvalue weighted by molar-refractivity contribution is 7.09. The van der Waals surface area contributed by atoms with Crippen LogP contribution in [0.25, 0.3) is 0 Å². The fraction of sp³-hybridized carbons (Fsp3) is 0.312. The van der Waals surface area contributed by atoms with E-state index in [0.29, 0.717) is 12.1 Å². The zero-order valence-corrected chi connectivity index (χ0v) is 13.1. The van der Waals surface area contributed by atoms with Gasteiger partial charge in [0.05, 0.1) is 13.1 Å². The van der Waals surface area contributed by atoms with E-state index in [2.05, 4.69) is 27.1 Å². The fourth-order valence-electron chi connectivity index (χ4n) is 1.83. The molecule has 3 nitrogen and oxygen atoms in total. The van der Waals surface area contributed by atoms with Gasteiger partial charge in [0.15, 0.2) is 5.96 Å². The van der Waals surface area contributed by atoms with Crippen LogP contribution in [0.4, 0.5) is 4.39 Å². The Balaban J connectivity index is 1.97. The third-order valence-electron chi connectivity index (χ3n) is 3.01. The number of aliphatic imine (C=N–C) groups is 1. The van der Waals surface area contributed by atoms with Crippen LogP contribution in [0.2, 0.25) is 0 Å². The number of benzene rings is 1. The number of aryl methyl sites for hydroxylation is 1. The van der Waals surface area contributed by atoms with Gasteiger partial charge in [0.2, 0.25) is 0 Å². The van der Waals surface area contributed by atoms with Crippen molar-refractivity contribution in [3.05, 3.63) is 57.5 Å². The summed E-state index contributed by atoms with van der Waals surface area (Å²) < 4.78 is 13.5. The average molecular weight is 305 g/mol. The van der Waals surface area contributed by atoms with Crippen LogP contribution in [0.1, 0.15) is 22.9 Å². The summed E-state index contributed by atoms with van der Waals surface area (Å²) in [5.74, 6) is 0.561. The third kappa shape index (κ3) is 4.86. The van der Waals surface area contributed by atoms with Gasteiger partial charge in [0.1, 0.15) is 5.82 Å². The van der Waals surface area contributed by atoms with E-state index < -0.39 is 0 Å². The Morgan fingerprint density at radius 3 is 2.81 bits per heavy atom. The number of guanidine groups is 1. The van der Waals surface area contributed by atoms with Crippen LogP contribution in [-0.2, 0) is 13.1 Å². The van der Waals surface area contributed by atoms with Gasteiger partial charge >= 0.3 is 0 Å². The molecule has 1 aromatic carbocycles. The Morgan fingerprint density at radius 1 is 1.29 bits per heavy atom. The van der Waals surface area contributed by atoms with E-state index in [0.717, 1.165) is 24.6 Å². The molecule has 21 heavy (non-hydrogen) atoms. The van der Waals surface area contributed by atoms with E-state index in [1.807, 2.05) is 19.1 Å². The molecule has 112 valence electrons. The first-order valence-corrected chi connectivity index (χ1v) is 7.86. The monoisotopic (exact) mass is 305 g/mol. The molecular weight excluding hydrogens is 285 g/mol. The fourth-order valence-corrected chi connectivity index (χ4v) is 2.48. The molecule has 0 aliphatic heterocycles. The van der Waals surface area contributed by atoms with Gasteiger partial charge in [0, 0.05) is 11.4 Å². The molecule has 1 aromatic heterocycles. The predicted molar refractivity (Wildman–Crippen MR) is 87.1 cm³/mol. The smallest absolute Gasteiger partial charge is 0.191 e. The number of hydrogen-bond acceptors (Lipinski definition) is 2. The molecule has 0 radical (unpaired) electrons. The highest BCUT2D eigenvalue weighted by Gasteiger charge is 2.01. The molecule has 1 heterocycles. The van der Waals surface area contributed by atoms with Gasteiger partial charge in [-0.25, -0.2) is 9.38 Å². The predicted octanol–water partition coefficient (Wildman–Crippen LogP) is 3.45. The van der Waals surface area contributed by atoms with Gasteiger partial charge < -0.3 is 10.6 Å². The first-order valence-electron chi connectivity index (χ1n) is 6.98. The maximum atomic E-state index is 13.5. The van der Waals surface area contributed by atoms with Gasteiger partial charge in [-0.2, -0.15) is 0 Å². The second-order valence-electron chi connectivity index (χ2n) is 4.71. The zero-order chi connectivity index (χ0) is 15.1. The second kappa shape index (κ2) is 7.78. The Morgan fingerprint density at radius 2 is 2.14 bits per heavy atom. The van der Waals surface area contributed by atoms with Crippen LogP contribution in [0.15, 0.2) is 40.7 Å². The molecular formula is C16H20FN3S. The summed E-state index contributed by atoms with van der Waals surface area (Å²) in [6.07, 6.45) is 0. The van der Waals surface area contributed by atoms with Crippen molar-refractivity contribution in [1.82, 2.24) is 10.6 Å². The lowest BCUT2D eigenvalue weighted by molar-refractivity contribution is 0.616. The number of nitrogens with one attached hydrogen (secondary N) is 2. The molecule has 0 fully saturated rings. The number of thiophene rings is 1. The van der Waals surface area contributed by atoms with E-state index in [1.54, 1.807) is 30.4 Å². The quantitative estimate of drug-likeness (QED) is 0.656. The van der Waals surface area contributed by atoms with Gasteiger partial charge in [0.25, 0.3) is 0 Å². The van der Waals surface area contributed by atoms with Crippen molar-refractivity contribution in [2.75, 3.05) is 6.54 Å². The van der Waals surface area contributed by atoms with E-state index in [4.69, 9.17) is 0 Å². The van der Waals surface area contributed by atoms with E-state index >= 15 is 0 Å². The Kier molecular flexibility index (Phi) is 5.75. The molecule has 0 unspecified atom stereocenters. The first-order chi connectivity index (χ1) is 10.2. The lowest BCUT2D eigenvalue weighted by Gasteiger charge is -2.10. The molecule has 0 aliphatic rings. The van der Waals surface area contributed by atoms with Gasteiger partial charge in [-0.15, -0.1) is 11.3 Å². The Hall–Kier alpha value is -1.88. The topological polar surface area (TPSA) is 36.4 Å². The molecule has 5 heteroatoms. The maximum absolute atomic E-state index is 13.5. The molecule has 0 spiro atoms. The second-order valence-corrected chi connectivity index (χ2v) is 5.74. The minimum atomic E-state index is -0.181. The minimum Gasteiger partial charge on any atom is -0.357 e. The Labute approximate surface area is 128 Å². The summed E-state index contributed by atoms with van der Waals surface area (Å²) in [5.41, 5.74) is 1.52. The standard InChI is InChI=1S/C16H20FN3S/c1-3-18-16(20-11-14-5-4-8-21-14)19-10-13-7-6-12(2)15(17)9-13/h4-9H,3,10-11H2,1-2H3,(H2,18,19,20). The number of halogens is 1. The van der Waals surface area contributed by atoms with Crippen molar-refractivity contribution >= 4 is 17.3 Å². The van der Waals surface area contributed by atoms with E-state index in [-0.39, 0.29) is 5.82 Å². The van der Waals surface area contributed by atoms with Crippen molar-refractivity contribution in [3.8, 4) is 0 Å². The van der Waals surface area contributed by atoms with Crippen LogP contribution >= 0.6 is 11.3 Å². The minimum absolute atomic E-state index is 0.181. The maximum Gasteiger partial charge on any atom is 0.191 e. The van der Waals surface area contributed by atoms with Gasteiger partial charge in [-0.1, -0.05) is 18.2 Å². The number of hydrogen-bond donors (Lipinski definition) is 2. The highest BCUT2D eigenvalue weighted by Crippen LogP contribution is 2.10. The van der Waals surface area contributed by atoms with E-state index in [1.165, 1.54) is 4.88 Å². The lowest BCUT2D eigenvalue weighted by Crippen LogP contribution is -2.36. The summed E-state index contributed by atoms with van der Waals surface area (Å²) in [6.45, 7) is 5.77. The van der Waals surface area contributed by atoms with Crippen LogP contribution in [-0.4, -0.2) is 12.5 Å². The molecule has 0 amide bonds. The molecule has 0 atom stereocenters. The van der Waals surface area contributed by atoms with Gasteiger partial charge in [-0.3, -0.25) is 0 Å². The number of nitrogens with zero attached hydrogens (tertiary/aromatic N) is 1. The van der Waals surface area contributed by atoms with Crippen LogP contribution in [0.5, 0.6) is 0 Å². The summed E-state index contributed by atoms with van der Waals surface area (Å²) in [4.78, 5) is 5.74. The normalized spacial score (nSPS) is 11.5. The van der Waals surface area contributed by atoms with E-state index in [9.17, 15) is 4.39 Å². The van der Waals surface area contributed by atoms with Crippen molar-refractivity contribution in [2.45, 2.75) is 26.9 Å². The van der Waals surface area contributed by atoms with Crippen molar-refractivity contribution in [2.24, 2.45) is 4.99 Å². The van der Waals surface area contributed by atoms with Crippen molar-refractivity contribution < 1.29 is 4.39 Å². The Bertz CT molecular complexity index is 594. The van der Waals surface area contributed by atoms with Crippen LogP contribution < -0.4 is 10.6 Å². The number of rotatable bonds is 5. The van der Waals surface area contributed by atoms with Crippen LogP contribution in [0, 0.1) is 12.7 Å². The highest BCUT2D eigenvalue weighted by atomic mass is 32.1. The average Bonchev–Trinajstić information content (AvgIpc) is 2.99. The summed E-state index contributed by atoms with van der Waals surface area (Å²) >= 11 is 1.71. The third-order valence-corrected chi connectivity index (χ3v) is 3.89. The van der Waals surface area contributed by atoms with Crippen molar-refractivity contribution in [3.63, 3.8) is 0 Å². The molecule has 2 aromatic rings. The van der Waals surface area contributed by atoms with Crippen molar-refractivity contribution in [1.29, 1.82) is 0 Å². The molecule has 2 rings (SSSR count). The molecule has 0 saturated carbocycles. The summed E-state index contributed by atoms with van der Waals surface area (Å²) in [7, 11) is 0. The lowest BCUT2D eigenvalue weighted by atomic mass is 10.1. The zero-order valence-electron chi connectivity index (χ0n) is 12.3. The van der Waals surface area contributed by atoms with Gasteiger partial charge in [-0.05, 0) is 42.5 Å². The molecule has 2 N–H and O–H groups in total. The molecule has 0 aliphatic carbocycles. The first kappa shape index (κ1) is 15.5. The SMILES string of the molecule is CCNC(=NCc1ccc(C)c(F)c1)NCc1cccs1. The largest absolute Gasteiger partial charge is 0.357 e. The van der Waals surface area contributed by atoms with Crippen LogP contribution in [0.3, 0.4) is 0 Å².